The van der Waals surface area contributed by atoms with Crippen LogP contribution in [0, 0.1) is 6.92 Å². The predicted molar refractivity (Wildman–Crippen MR) is 138 cm³/mol. The number of aryl methyl sites for hydroxylation is 1. The van der Waals surface area contributed by atoms with Gasteiger partial charge < -0.3 is 15.0 Å². The molecule has 1 heterocycles. The Kier molecular flexibility index (Phi) is 7.02. The summed E-state index contributed by atoms with van der Waals surface area (Å²) in [7, 11) is 0. The van der Waals surface area contributed by atoms with Crippen molar-refractivity contribution < 1.29 is 9.90 Å². The molecule has 0 fully saturated rings. The van der Waals surface area contributed by atoms with E-state index in [2.05, 4.69) is 48.5 Å². The Hall–Kier alpha value is -3.28. The normalized spacial score (nSPS) is 11.1. The van der Waals surface area contributed by atoms with Crippen molar-refractivity contribution in [1.29, 1.82) is 0 Å². The molecule has 0 amide bonds. The van der Waals surface area contributed by atoms with Crippen LogP contribution in [-0.2, 0) is 19.6 Å². The van der Waals surface area contributed by atoms with E-state index in [4.69, 9.17) is 0 Å². The van der Waals surface area contributed by atoms with Crippen molar-refractivity contribution in [3.63, 3.8) is 0 Å². The van der Waals surface area contributed by atoms with Gasteiger partial charge in [-0.2, -0.15) is 0 Å². The van der Waals surface area contributed by atoms with Gasteiger partial charge in [0.1, 0.15) is 5.69 Å². The molecule has 0 bridgehead atoms. The lowest BCUT2D eigenvalue weighted by atomic mass is 10.1. The van der Waals surface area contributed by atoms with Crippen molar-refractivity contribution in [2.75, 3.05) is 6.26 Å². The van der Waals surface area contributed by atoms with Crippen molar-refractivity contribution in [2.45, 2.75) is 31.5 Å². The van der Waals surface area contributed by atoms with Gasteiger partial charge in [0.25, 0.3) is 0 Å². The number of rotatable bonds is 9. The third-order valence-corrected chi connectivity index (χ3v) is 6.62. The summed E-state index contributed by atoms with van der Waals surface area (Å²) in [5.41, 5.74) is 6.48. The minimum Gasteiger partial charge on any atom is -0.477 e. The van der Waals surface area contributed by atoms with Gasteiger partial charge in [-0.25, -0.2) is 4.79 Å². The lowest BCUT2D eigenvalue weighted by molar-refractivity contribution is 0.0684. The second kappa shape index (κ2) is 10.1. The van der Waals surface area contributed by atoms with Crippen LogP contribution in [-0.4, -0.2) is 21.9 Å². The summed E-state index contributed by atoms with van der Waals surface area (Å²) >= 11 is 1.72. The van der Waals surface area contributed by atoms with Crippen LogP contribution in [0.25, 0.3) is 17.0 Å². The fraction of sp³-hybridized carbons (Fsp3) is 0.179. The van der Waals surface area contributed by atoms with E-state index in [-0.39, 0.29) is 0 Å². The van der Waals surface area contributed by atoms with Crippen molar-refractivity contribution in [3.8, 4) is 0 Å². The lowest BCUT2D eigenvalue weighted by Crippen LogP contribution is -2.17. The molecule has 0 atom stereocenters. The van der Waals surface area contributed by atoms with Crippen LogP contribution in [0.4, 0.5) is 0 Å². The SMILES string of the molecule is C=Cc1ccc(Cn2c(C(=O)O)c(CNCc3ccc(SC)cc3)c3ccc(C)cc32)cc1. The number of fused-ring (bicyclic) bond motifs is 1. The summed E-state index contributed by atoms with van der Waals surface area (Å²) in [6.07, 6.45) is 3.87. The van der Waals surface area contributed by atoms with Gasteiger partial charge >= 0.3 is 5.97 Å². The van der Waals surface area contributed by atoms with Gasteiger partial charge in [0, 0.05) is 41.0 Å². The number of benzene rings is 3. The average molecular weight is 457 g/mol. The Morgan fingerprint density at radius 3 is 2.36 bits per heavy atom. The molecule has 4 rings (SSSR count). The molecular weight excluding hydrogens is 428 g/mol. The largest absolute Gasteiger partial charge is 0.477 e. The Morgan fingerprint density at radius 2 is 1.73 bits per heavy atom. The van der Waals surface area contributed by atoms with Gasteiger partial charge in [0.15, 0.2) is 0 Å². The van der Waals surface area contributed by atoms with Gasteiger partial charge in [-0.15, -0.1) is 11.8 Å². The summed E-state index contributed by atoms with van der Waals surface area (Å²) < 4.78 is 1.93. The van der Waals surface area contributed by atoms with Crippen LogP contribution in [0.2, 0.25) is 0 Å². The van der Waals surface area contributed by atoms with E-state index < -0.39 is 5.97 Å². The minimum absolute atomic E-state index is 0.341. The molecular formula is C28H28N2O2S. The molecule has 0 saturated carbocycles. The smallest absolute Gasteiger partial charge is 0.352 e. The number of thioether (sulfide) groups is 1. The molecule has 168 valence electrons. The number of nitrogens with one attached hydrogen (secondary N) is 1. The Morgan fingerprint density at radius 1 is 1.03 bits per heavy atom. The zero-order valence-electron chi connectivity index (χ0n) is 19.0. The van der Waals surface area contributed by atoms with Crippen LogP contribution in [0.15, 0.2) is 78.2 Å². The monoisotopic (exact) mass is 456 g/mol. The van der Waals surface area contributed by atoms with E-state index in [1.165, 1.54) is 10.5 Å². The summed E-state index contributed by atoms with van der Waals surface area (Å²) in [6.45, 7) is 7.49. The number of hydrogen-bond donors (Lipinski definition) is 2. The van der Waals surface area contributed by atoms with Gasteiger partial charge in [-0.05, 0) is 53.6 Å². The third-order valence-electron chi connectivity index (χ3n) is 5.87. The highest BCUT2D eigenvalue weighted by Crippen LogP contribution is 2.29. The maximum absolute atomic E-state index is 12.4. The van der Waals surface area contributed by atoms with Crippen molar-refractivity contribution in [3.05, 3.63) is 107 Å². The number of nitrogens with zero attached hydrogens (tertiary/aromatic N) is 1. The van der Waals surface area contributed by atoms with E-state index in [1.54, 1.807) is 17.8 Å². The fourth-order valence-electron chi connectivity index (χ4n) is 4.14. The van der Waals surface area contributed by atoms with E-state index in [0.29, 0.717) is 25.3 Å². The molecule has 33 heavy (non-hydrogen) atoms. The standard InChI is InChI=1S/C28H28N2O2S/c1-4-20-6-8-22(9-7-20)18-30-26-15-19(2)5-14-24(26)25(27(30)28(31)32)17-29-16-21-10-12-23(33-3)13-11-21/h4-15,29H,1,16-18H2,2-3H3,(H,31,32). The number of aromatic nitrogens is 1. The maximum Gasteiger partial charge on any atom is 0.352 e. The van der Waals surface area contributed by atoms with Gasteiger partial charge in [0.2, 0.25) is 0 Å². The van der Waals surface area contributed by atoms with Gasteiger partial charge in [-0.3, -0.25) is 0 Å². The predicted octanol–water partition coefficient (Wildman–Crippen LogP) is 6.35. The minimum atomic E-state index is -0.910. The molecule has 1 aromatic heterocycles. The first-order valence-corrected chi connectivity index (χ1v) is 12.1. The first kappa shape index (κ1) is 22.9. The Bertz CT molecular complexity index is 1290. The fourth-order valence-corrected chi connectivity index (χ4v) is 4.54. The van der Waals surface area contributed by atoms with E-state index in [9.17, 15) is 9.90 Å². The highest BCUT2D eigenvalue weighted by Gasteiger charge is 2.22. The van der Waals surface area contributed by atoms with E-state index in [0.717, 1.165) is 33.2 Å². The van der Waals surface area contributed by atoms with Crippen molar-refractivity contribution in [1.82, 2.24) is 9.88 Å². The van der Waals surface area contributed by atoms with E-state index in [1.807, 2.05) is 47.9 Å². The summed E-state index contributed by atoms with van der Waals surface area (Å²) in [4.78, 5) is 13.7. The Balaban J connectivity index is 1.68. The summed E-state index contributed by atoms with van der Waals surface area (Å²) in [5, 5.41) is 14.6. The second-order valence-corrected chi connectivity index (χ2v) is 9.02. The van der Waals surface area contributed by atoms with Crippen LogP contribution < -0.4 is 5.32 Å². The molecule has 4 aromatic rings. The number of hydrogen-bond acceptors (Lipinski definition) is 3. The second-order valence-electron chi connectivity index (χ2n) is 8.14. The van der Waals surface area contributed by atoms with E-state index >= 15 is 0 Å². The quantitative estimate of drug-likeness (QED) is 0.288. The number of carboxylic acids is 1. The molecule has 0 aliphatic rings. The molecule has 4 nitrogen and oxygen atoms in total. The highest BCUT2D eigenvalue weighted by molar-refractivity contribution is 7.98. The molecule has 0 radical (unpaired) electrons. The molecule has 0 spiro atoms. The summed E-state index contributed by atoms with van der Waals surface area (Å²) in [6, 6.07) is 22.7. The molecule has 0 unspecified atom stereocenters. The highest BCUT2D eigenvalue weighted by atomic mass is 32.2. The average Bonchev–Trinajstić information content (AvgIpc) is 3.12. The molecule has 0 aliphatic heterocycles. The van der Waals surface area contributed by atoms with Gasteiger partial charge in [0.05, 0.1) is 0 Å². The number of carboxylic acid groups (broad SMARTS) is 1. The molecule has 3 aromatic carbocycles. The third kappa shape index (κ3) is 5.05. The number of carbonyl (C=O) groups is 1. The number of aromatic carboxylic acids is 1. The van der Waals surface area contributed by atoms with Crippen LogP contribution >= 0.6 is 11.8 Å². The molecule has 5 heteroatoms. The Labute approximate surface area is 199 Å². The van der Waals surface area contributed by atoms with Gasteiger partial charge in [-0.1, -0.05) is 61.2 Å². The topological polar surface area (TPSA) is 54.3 Å². The zero-order valence-corrected chi connectivity index (χ0v) is 19.8. The van der Waals surface area contributed by atoms with Crippen molar-refractivity contribution >= 4 is 34.7 Å². The lowest BCUT2D eigenvalue weighted by Gasteiger charge is -2.11. The van der Waals surface area contributed by atoms with Crippen molar-refractivity contribution in [2.24, 2.45) is 0 Å². The first-order chi connectivity index (χ1) is 16.0. The molecule has 2 N–H and O–H groups in total. The zero-order chi connectivity index (χ0) is 23.4. The van der Waals surface area contributed by atoms with Crippen LogP contribution in [0.1, 0.15) is 38.3 Å². The van der Waals surface area contributed by atoms with Crippen LogP contribution in [0.3, 0.4) is 0 Å². The summed E-state index contributed by atoms with van der Waals surface area (Å²) in [5.74, 6) is -0.910. The maximum atomic E-state index is 12.4. The molecule has 0 aliphatic carbocycles. The van der Waals surface area contributed by atoms with Crippen LogP contribution in [0.5, 0.6) is 0 Å². The molecule has 0 saturated heterocycles. The first-order valence-electron chi connectivity index (χ1n) is 10.9.